The van der Waals surface area contributed by atoms with E-state index in [0.717, 1.165) is 12.8 Å². The number of nitrogens with zero attached hydrogens (tertiary/aromatic N) is 1. The van der Waals surface area contributed by atoms with Gasteiger partial charge in [0.15, 0.2) is 0 Å². The quantitative estimate of drug-likeness (QED) is 0.666. The maximum absolute atomic E-state index is 11.7. The second-order valence-corrected chi connectivity index (χ2v) is 4.20. The fourth-order valence-corrected chi connectivity index (χ4v) is 1.71. The third-order valence-corrected chi connectivity index (χ3v) is 2.72. The van der Waals surface area contributed by atoms with Crippen molar-refractivity contribution in [1.82, 2.24) is 4.98 Å². The van der Waals surface area contributed by atoms with Gasteiger partial charge in [-0.05, 0) is 12.1 Å². The molecule has 1 heterocycles. The van der Waals surface area contributed by atoms with Gasteiger partial charge in [0, 0.05) is 51.5 Å². The van der Waals surface area contributed by atoms with Crippen molar-refractivity contribution in [3.05, 3.63) is 24.0 Å². The van der Waals surface area contributed by atoms with Crippen molar-refractivity contribution in [1.29, 1.82) is 0 Å². The SMILES string of the molecule is CCCC(CC#Cc1c[c-]c(N)cn1)C(=O)CC.[Y]. The largest absolute Gasteiger partial charge is 0.418 e. The first-order chi connectivity index (χ1) is 8.67. The van der Waals surface area contributed by atoms with Crippen LogP contribution in [0.2, 0.25) is 0 Å². The molecule has 3 nitrogen and oxygen atoms in total. The molecule has 0 bridgehead atoms. The Bertz CT molecular complexity index is 445. The number of nitrogens with two attached hydrogens (primary N) is 1. The molecule has 1 rings (SSSR count). The van der Waals surface area contributed by atoms with Gasteiger partial charge in [-0.1, -0.05) is 32.2 Å². The van der Waals surface area contributed by atoms with Crippen molar-refractivity contribution >= 4 is 11.5 Å². The number of Topliss-reactive ketones (excluding diaryl/α,β-unsaturated/α-hetero) is 1. The maximum Gasteiger partial charge on any atom is 0.136 e. The molecule has 1 atom stereocenters. The standard InChI is InChI=1S/C15H19N2O.Y/c1-3-6-12(15(18)4-2)7-5-8-14-10-9-13(16)11-17-14;/h10-12H,3-4,6-7,16H2,1-2H3;/q-1;. The topological polar surface area (TPSA) is 56.0 Å². The number of aromatic nitrogens is 1. The molecular formula is C15H19N2OY-. The molecule has 0 spiro atoms. The van der Waals surface area contributed by atoms with Gasteiger partial charge in [-0.3, -0.25) is 4.79 Å². The minimum atomic E-state index is 0. The second-order valence-electron chi connectivity index (χ2n) is 4.20. The van der Waals surface area contributed by atoms with E-state index in [2.05, 4.69) is 29.8 Å². The Labute approximate surface area is 140 Å². The van der Waals surface area contributed by atoms with Crippen LogP contribution in [-0.4, -0.2) is 10.8 Å². The Hall–Kier alpha value is -0.716. The molecular weight excluding hydrogens is 313 g/mol. The molecule has 0 aliphatic carbocycles. The zero-order valence-electron chi connectivity index (χ0n) is 11.6. The van der Waals surface area contributed by atoms with Crippen LogP contribution in [0.25, 0.3) is 0 Å². The van der Waals surface area contributed by atoms with Crippen LogP contribution >= 0.6 is 0 Å². The summed E-state index contributed by atoms with van der Waals surface area (Å²) in [5.41, 5.74) is 6.64. The van der Waals surface area contributed by atoms with Crippen LogP contribution in [0.15, 0.2) is 12.3 Å². The predicted octanol–water partition coefficient (Wildman–Crippen LogP) is 2.60. The van der Waals surface area contributed by atoms with Gasteiger partial charge < -0.3 is 10.7 Å². The summed E-state index contributed by atoms with van der Waals surface area (Å²) in [6.07, 6.45) is 4.63. The number of carbonyl (C=O) groups is 1. The van der Waals surface area contributed by atoms with E-state index in [4.69, 9.17) is 5.73 Å². The zero-order valence-corrected chi connectivity index (χ0v) is 14.4. The zero-order chi connectivity index (χ0) is 13.4. The molecule has 19 heavy (non-hydrogen) atoms. The van der Waals surface area contributed by atoms with Crippen LogP contribution in [0.4, 0.5) is 5.69 Å². The van der Waals surface area contributed by atoms with E-state index >= 15 is 0 Å². The first kappa shape index (κ1) is 18.3. The van der Waals surface area contributed by atoms with E-state index < -0.39 is 0 Å². The van der Waals surface area contributed by atoms with Crippen LogP contribution in [-0.2, 0) is 37.5 Å². The number of ketones is 1. The number of rotatable bonds is 5. The molecule has 1 radical (unpaired) electrons. The molecule has 0 saturated heterocycles. The van der Waals surface area contributed by atoms with Gasteiger partial charge in [0.25, 0.3) is 0 Å². The first-order valence-electron chi connectivity index (χ1n) is 6.32. The second kappa shape index (κ2) is 10.1. The predicted molar refractivity (Wildman–Crippen MR) is 72.7 cm³/mol. The van der Waals surface area contributed by atoms with E-state index in [-0.39, 0.29) is 38.6 Å². The van der Waals surface area contributed by atoms with E-state index in [0.29, 0.717) is 30.0 Å². The third-order valence-electron chi connectivity index (χ3n) is 2.72. The summed E-state index contributed by atoms with van der Waals surface area (Å²) in [6.45, 7) is 3.98. The van der Waals surface area contributed by atoms with Gasteiger partial charge >= 0.3 is 0 Å². The monoisotopic (exact) mass is 332 g/mol. The number of hydrogen-bond acceptors (Lipinski definition) is 3. The van der Waals surface area contributed by atoms with Gasteiger partial charge in [-0.25, -0.2) is 0 Å². The number of hydrogen-bond donors (Lipinski definition) is 1. The average Bonchev–Trinajstić information content (AvgIpc) is 2.39. The summed E-state index contributed by atoms with van der Waals surface area (Å²) >= 11 is 0. The van der Waals surface area contributed by atoms with Crippen LogP contribution in [0.1, 0.15) is 45.2 Å². The molecule has 0 aliphatic heterocycles. The molecule has 4 heteroatoms. The number of carbonyl (C=O) groups excluding carboxylic acids is 1. The smallest absolute Gasteiger partial charge is 0.136 e. The van der Waals surface area contributed by atoms with Crippen molar-refractivity contribution in [2.45, 2.75) is 39.5 Å². The van der Waals surface area contributed by atoms with Gasteiger partial charge in [-0.15, -0.1) is 17.9 Å². The van der Waals surface area contributed by atoms with Crippen molar-refractivity contribution in [2.24, 2.45) is 5.92 Å². The first-order valence-corrected chi connectivity index (χ1v) is 6.32. The Balaban J connectivity index is 0.00000324. The average molecular weight is 332 g/mol. The third kappa shape index (κ3) is 6.85. The summed E-state index contributed by atoms with van der Waals surface area (Å²) in [6, 6.07) is 4.51. The van der Waals surface area contributed by atoms with E-state index in [1.54, 1.807) is 6.07 Å². The van der Waals surface area contributed by atoms with Gasteiger partial charge in [-0.2, -0.15) is 6.07 Å². The summed E-state index contributed by atoms with van der Waals surface area (Å²) in [5.74, 6) is 6.32. The van der Waals surface area contributed by atoms with Gasteiger partial charge in [0.05, 0.1) is 0 Å². The van der Waals surface area contributed by atoms with E-state index in [9.17, 15) is 4.79 Å². The normalized spacial score (nSPS) is 10.8. The Kier molecular flexibility index (Phi) is 9.74. The van der Waals surface area contributed by atoms with E-state index in [1.165, 1.54) is 6.20 Å². The molecule has 1 unspecified atom stereocenters. The minimum Gasteiger partial charge on any atom is -0.418 e. The molecule has 0 saturated carbocycles. The summed E-state index contributed by atoms with van der Waals surface area (Å²) < 4.78 is 0. The minimum absolute atomic E-state index is 0. The van der Waals surface area contributed by atoms with Crippen LogP contribution in [0, 0.1) is 23.8 Å². The van der Waals surface area contributed by atoms with Crippen molar-refractivity contribution in [3.63, 3.8) is 0 Å². The molecule has 1 aromatic heterocycles. The molecule has 1 aromatic rings. The summed E-state index contributed by atoms with van der Waals surface area (Å²) in [7, 11) is 0. The Morgan fingerprint density at radius 2 is 2.26 bits per heavy atom. The molecule has 0 aliphatic rings. The fourth-order valence-electron chi connectivity index (χ4n) is 1.71. The van der Waals surface area contributed by atoms with Crippen molar-refractivity contribution < 1.29 is 37.5 Å². The summed E-state index contributed by atoms with van der Waals surface area (Å²) in [5, 5.41) is 0. The molecule has 99 valence electrons. The van der Waals surface area contributed by atoms with Crippen molar-refractivity contribution in [3.8, 4) is 11.8 Å². The summed E-state index contributed by atoms with van der Waals surface area (Å²) in [4.78, 5) is 15.8. The van der Waals surface area contributed by atoms with Crippen LogP contribution in [0.3, 0.4) is 0 Å². The fraction of sp³-hybridized carbons (Fsp3) is 0.467. The number of nitrogen functional groups attached to an aromatic ring is 1. The van der Waals surface area contributed by atoms with Crippen molar-refractivity contribution in [2.75, 3.05) is 5.73 Å². The molecule has 0 fully saturated rings. The number of pyridine rings is 1. The van der Waals surface area contributed by atoms with E-state index in [1.807, 2.05) is 6.92 Å². The van der Waals surface area contributed by atoms with Gasteiger partial charge in [0.1, 0.15) is 5.78 Å². The Morgan fingerprint density at radius 3 is 2.79 bits per heavy atom. The molecule has 2 N–H and O–H groups in total. The molecule has 0 amide bonds. The number of anilines is 1. The van der Waals surface area contributed by atoms with Crippen LogP contribution < -0.4 is 5.73 Å². The maximum atomic E-state index is 11.7. The molecule has 0 aromatic carbocycles. The van der Waals surface area contributed by atoms with Gasteiger partial charge in [0.2, 0.25) is 0 Å². The van der Waals surface area contributed by atoms with Crippen LogP contribution in [0.5, 0.6) is 0 Å². The Morgan fingerprint density at radius 1 is 1.53 bits per heavy atom.